The zero-order valence-electron chi connectivity index (χ0n) is 6.79. The highest BCUT2D eigenvalue weighted by Gasteiger charge is 2.28. The van der Waals surface area contributed by atoms with Gasteiger partial charge in [-0.05, 0) is 0 Å². The average Bonchev–Trinajstić information content (AvgIpc) is 2.05. The number of alkyl halides is 1. The number of hydrogen-bond acceptors (Lipinski definition) is 3. The third kappa shape index (κ3) is 2.58. The fourth-order valence-corrected chi connectivity index (χ4v) is 0.822. The van der Waals surface area contributed by atoms with Crippen LogP contribution in [0.1, 0.15) is 6.92 Å². The molecule has 12 heavy (non-hydrogen) atoms. The van der Waals surface area contributed by atoms with Crippen LogP contribution >= 0.6 is 0 Å². The van der Waals surface area contributed by atoms with Crippen molar-refractivity contribution >= 4 is 11.8 Å². The largest absolute Gasteiger partial charge is 0.481 e. The number of ketones is 1. The van der Waals surface area contributed by atoms with E-state index < -0.39 is 30.3 Å². The van der Waals surface area contributed by atoms with Crippen molar-refractivity contribution in [1.82, 2.24) is 0 Å². The molecule has 0 saturated carbocycles. The van der Waals surface area contributed by atoms with Gasteiger partial charge in [0.15, 0.2) is 5.78 Å². The Morgan fingerprint density at radius 1 is 1.58 bits per heavy atom. The van der Waals surface area contributed by atoms with Crippen LogP contribution in [0, 0.1) is 11.8 Å². The van der Waals surface area contributed by atoms with Gasteiger partial charge in [0, 0.05) is 0 Å². The van der Waals surface area contributed by atoms with Crippen molar-refractivity contribution in [3.05, 3.63) is 0 Å². The lowest BCUT2D eigenvalue weighted by atomic mass is 9.91. The molecule has 0 aromatic rings. The number of hydrogen-bond donors (Lipinski definition) is 2. The Labute approximate surface area is 69.6 Å². The lowest BCUT2D eigenvalue weighted by molar-refractivity contribution is -0.146. The molecule has 2 atom stereocenters. The van der Waals surface area contributed by atoms with Crippen molar-refractivity contribution in [3.8, 4) is 0 Å². The van der Waals surface area contributed by atoms with Crippen LogP contribution in [-0.2, 0) is 9.59 Å². The van der Waals surface area contributed by atoms with Gasteiger partial charge in [-0.25, -0.2) is 0 Å². The van der Waals surface area contributed by atoms with E-state index in [9.17, 15) is 14.0 Å². The van der Waals surface area contributed by atoms with Crippen LogP contribution in [-0.4, -0.2) is 30.1 Å². The Balaban J connectivity index is 4.33. The molecule has 0 aliphatic heterocycles. The van der Waals surface area contributed by atoms with Crippen LogP contribution in [0.5, 0.6) is 0 Å². The van der Waals surface area contributed by atoms with Gasteiger partial charge in [-0.1, -0.05) is 6.92 Å². The first-order valence-electron chi connectivity index (χ1n) is 3.56. The summed E-state index contributed by atoms with van der Waals surface area (Å²) in [4.78, 5) is 21.2. The summed E-state index contributed by atoms with van der Waals surface area (Å²) in [5, 5.41) is 8.47. The number of carboxylic acid groups (broad SMARTS) is 1. The van der Waals surface area contributed by atoms with E-state index in [-0.39, 0.29) is 6.54 Å². The molecule has 0 aliphatic carbocycles. The minimum Gasteiger partial charge on any atom is -0.481 e. The molecular weight excluding hydrogens is 165 g/mol. The Morgan fingerprint density at radius 3 is 2.33 bits per heavy atom. The van der Waals surface area contributed by atoms with Gasteiger partial charge in [-0.2, -0.15) is 0 Å². The first-order valence-corrected chi connectivity index (χ1v) is 3.56. The van der Waals surface area contributed by atoms with Crippen molar-refractivity contribution in [2.24, 2.45) is 17.6 Å². The van der Waals surface area contributed by atoms with Crippen LogP contribution in [0.4, 0.5) is 4.39 Å². The number of nitrogens with two attached hydrogens (primary N) is 1. The van der Waals surface area contributed by atoms with Crippen LogP contribution in [0.2, 0.25) is 0 Å². The van der Waals surface area contributed by atoms with E-state index in [1.165, 1.54) is 6.92 Å². The normalized spacial score (nSPS) is 15.2. The van der Waals surface area contributed by atoms with E-state index in [0.29, 0.717) is 0 Å². The molecule has 0 aliphatic rings. The zero-order valence-corrected chi connectivity index (χ0v) is 6.79. The maximum absolute atomic E-state index is 12.2. The van der Waals surface area contributed by atoms with E-state index in [0.717, 1.165) is 0 Å². The van der Waals surface area contributed by atoms with Crippen molar-refractivity contribution in [2.45, 2.75) is 6.92 Å². The number of rotatable bonds is 5. The van der Waals surface area contributed by atoms with Crippen molar-refractivity contribution in [1.29, 1.82) is 0 Å². The molecule has 4 nitrogen and oxygen atoms in total. The maximum Gasteiger partial charge on any atom is 0.307 e. The molecule has 0 heterocycles. The molecule has 0 aromatic carbocycles. The lowest BCUT2D eigenvalue weighted by Crippen LogP contribution is -2.33. The standard InChI is InChI=1S/C7H12FNO3/c1-4(7(11)12)5(2-8)6(10)3-9/h4-5H,2-3,9H2,1H3,(H,11,12). The highest BCUT2D eigenvalue weighted by molar-refractivity contribution is 5.87. The summed E-state index contributed by atoms with van der Waals surface area (Å²) in [6.45, 7) is 0.00977. The summed E-state index contributed by atoms with van der Waals surface area (Å²) in [5.74, 6) is -3.84. The number of halogens is 1. The molecule has 3 N–H and O–H groups in total. The molecule has 70 valence electrons. The van der Waals surface area contributed by atoms with Crippen molar-refractivity contribution in [2.75, 3.05) is 13.2 Å². The van der Waals surface area contributed by atoms with Crippen LogP contribution in [0.25, 0.3) is 0 Å². The first-order chi connectivity index (χ1) is 5.54. The van der Waals surface area contributed by atoms with Gasteiger partial charge in [0.2, 0.25) is 0 Å². The molecule has 0 amide bonds. The predicted octanol–water partition coefficient (Wildman–Crippen LogP) is -0.179. The summed E-state index contributed by atoms with van der Waals surface area (Å²) in [6.07, 6.45) is 0. The quantitative estimate of drug-likeness (QED) is 0.610. The molecule has 5 heteroatoms. The van der Waals surface area contributed by atoms with E-state index >= 15 is 0 Å². The molecule has 0 saturated heterocycles. The molecular formula is C7H12FNO3. The Bertz CT molecular complexity index is 183. The average molecular weight is 177 g/mol. The summed E-state index contributed by atoms with van der Waals surface area (Å²) in [6, 6.07) is 0. The molecule has 0 spiro atoms. The first kappa shape index (κ1) is 11.0. The van der Waals surface area contributed by atoms with E-state index in [1.807, 2.05) is 0 Å². The maximum atomic E-state index is 12.2. The van der Waals surface area contributed by atoms with Gasteiger partial charge in [0.1, 0.15) is 0 Å². The monoisotopic (exact) mass is 177 g/mol. The number of carbonyl (C=O) groups is 2. The fourth-order valence-electron chi connectivity index (χ4n) is 0.822. The third-order valence-electron chi connectivity index (χ3n) is 1.77. The second-order valence-electron chi connectivity index (χ2n) is 2.56. The second-order valence-corrected chi connectivity index (χ2v) is 2.56. The molecule has 2 unspecified atom stereocenters. The topological polar surface area (TPSA) is 80.4 Å². The van der Waals surface area contributed by atoms with Crippen molar-refractivity contribution < 1.29 is 19.1 Å². The van der Waals surface area contributed by atoms with E-state index in [2.05, 4.69) is 0 Å². The number of aliphatic carboxylic acids is 1. The summed E-state index contributed by atoms with van der Waals surface area (Å²) in [5.41, 5.74) is 4.98. The highest BCUT2D eigenvalue weighted by Crippen LogP contribution is 2.13. The van der Waals surface area contributed by atoms with Gasteiger partial charge >= 0.3 is 5.97 Å². The number of Topliss-reactive ketones (excluding diaryl/α,β-unsaturated/α-hetero) is 1. The van der Waals surface area contributed by atoms with Crippen LogP contribution < -0.4 is 5.73 Å². The minimum atomic E-state index is -1.18. The Morgan fingerprint density at radius 2 is 2.08 bits per heavy atom. The number of carbonyl (C=O) groups excluding carboxylic acids is 1. The Kier molecular flexibility index (Phi) is 4.43. The lowest BCUT2D eigenvalue weighted by Gasteiger charge is -2.14. The molecule has 0 bridgehead atoms. The van der Waals surface area contributed by atoms with Gasteiger partial charge in [0.05, 0.1) is 25.1 Å². The molecule has 0 aromatic heterocycles. The molecule has 0 rings (SSSR count). The van der Waals surface area contributed by atoms with Crippen LogP contribution in [0.15, 0.2) is 0 Å². The zero-order chi connectivity index (χ0) is 9.72. The predicted molar refractivity (Wildman–Crippen MR) is 40.3 cm³/mol. The van der Waals surface area contributed by atoms with E-state index in [4.69, 9.17) is 10.8 Å². The fraction of sp³-hybridized carbons (Fsp3) is 0.714. The van der Waals surface area contributed by atoms with Gasteiger partial charge < -0.3 is 10.8 Å². The molecule has 0 fully saturated rings. The SMILES string of the molecule is CC(C(=O)O)C(CF)C(=O)CN. The highest BCUT2D eigenvalue weighted by atomic mass is 19.1. The van der Waals surface area contributed by atoms with Crippen LogP contribution in [0.3, 0.4) is 0 Å². The van der Waals surface area contributed by atoms with Crippen molar-refractivity contribution in [3.63, 3.8) is 0 Å². The second kappa shape index (κ2) is 4.82. The number of carboxylic acids is 1. The third-order valence-corrected chi connectivity index (χ3v) is 1.77. The summed E-state index contributed by atoms with van der Waals surface area (Å²) in [7, 11) is 0. The summed E-state index contributed by atoms with van der Waals surface area (Å²) < 4.78 is 12.2. The van der Waals surface area contributed by atoms with Gasteiger partial charge in [-0.3, -0.25) is 14.0 Å². The molecule has 0 radical (unpaired) electrons. The Hall–Kier alpha value is -0.970. The summed E-state index contributed by atoms with van der Waals surface area (Å²) >= 11 is 0. The minimum absolute atomic E-state index is 0.313. The van der Waals surface area contributed by atoms with Gasteiger partial charge in [0.25, 0.3) is 0 Å². The smallest absolute Gasteiger partial charge is 0.307 e. The van der Waals surface area contributed by atoms with Gasteiger partial charge in [-0.15, -0.1) is 0 Å². The van der Waals surface area contributed by atoms with E-state index in [1.54, 1.807) is 0 Å².